The zero-order chi connectivity index (χ0) is 13.1. The Morgan fingerprint density at radius 1 is 1.50 bits per heavy atom. The minimum Gasteiger partial charge on any atom is -0.340 e. The number of amides is 1. The normalized spacial score (nSPS) is 20.9. The third-order valence-corrected chi connectivity index (χ3v) is 3.05. The molecule has 1 atom stereocenters. The van der Waals surface area contributed by atoms with Gasteiger partial charge in [-0.15, -0.1) is 0 Å². The topological polar surface area (TPSA) is 53.5 Å². The van der Waals surface area contributed by atoms with Crippen molar-refractivity contribution in [1.82, 2.24) is 10.6 Å². The lowest BCUT2D eigenvalue weighted by Gasteiger charge is -2.09. The van der Waals surface area contributed by atoms with Crippen LogP contribution < -0.4 is 10.6 Å². The van der Waals surface area contributed by atoms with Crippen LogP contribution in [0.4, 0.5) is 4.39 Å². The van der Waals surface area contributed by atoms with Gasteiger partial charge in [-0.25, -0.2) is 4.39 Å². The molecule has 1 aromatic carbocycles. The molecular weight excluding hydrogens is 301 g/mol. The second-order valence-electron chi connectivity index (χ2n) is 3.96. The molecule has 1 saturated heterocycles. The van der Waals surface area contributed by atoms with Gasteiger partial charge in [0.15, 0.2) is 5.96 Å². The number of halogens is 2. The number of nitrogens with one attached hydrogen (secondary N) is 2. The third kappa shape index (κ3) is 2.69. The molecule has 1 heterocycles. The number of rotatable bonds is 3. The summed E-state index contributed by atoms with van der Waals surface area (Å²) in [7, 11) is 0. The van der Waals surface area contributed by atoms with E-state index in [-0.39, 0.29) is 5.91 Å². The summed E-state index contributed by atoms with van der Waals surface area (Å²) in [5.74, 6) is -0.297. The van der Waals surface area contributed by atoms with Crippen molar-refractivity contribution in [3.63, 3.8) is 0 Å². The molecule has 0 aromatic heterocycles. The SMILES string of the molecule is CCCN=C1NC(=O)C(c2ccc(Br)cc2F)N1. The Balaban J connectivity index is 2.21. The molecule has 1 unspecified atom stereocenters. The van der Waals surface area contributed by atoms with Gasteiger partial charge in [0.05, 0.1) is 0 Å². The first-order valence-electron chi connectivity index (χ1n) is 5.68. The average molecular weight is 314 g/mol. The van der Waals surface area contributed by atoms with Crippen LogP contribution in [0.25, 0.3) is 0 Å². The highest BCUT2D eigenvalue weighted by atomic mass is 79.9. The molecule has 2 rings (SSSR count). The van der Waals surface area contributed by atoms with Crippen molar-refractivity contribution >= 4 is 27.8 Å². The molecule has 2 N–H and O–H groups in total. The molecule has 0 spiro atoms. The summed E-state index contributed by atoms with van der Waals surface area (Å²) < 4.78 is 14.4. The van der Waals surface area contributed by atoms with E-state index in [0.29, 0.717) is 22.5 Å². The van der Waals surface area contributed by atoms with Crippen molar-refractivity contribution in [1.29, 1.82) is 0 Å². The monoisotopic (exact) mass is 313 g/mol. The molecule has 0 aliphatic carbocycles. The number of hydrogen-bond acceptors (Lipinski definition) is 2. The number of aliphatic imine (C=N–C) groups is 1. The number of guanidine groups is 1. The van der Waals surface area contributed by atoms with E-state index in [4.69, 9.17) is 0 Å². The molecule has 1 amide bonds. The molecule has 0 bridgehead atoms. The first-order chi connectivity index (χ1) is 8.61. The lowest BCUT2D eigenvalue weighted by Crippen LogP contribution is -2.25. The highest BCUT2D eigenvalue weighted by Gasteiger charge is 2.31. The summed E-state index contributed by atoms with van der Waals surface area (Å²) in [5.41, 5.74) is 0.317. The van der Waals surface area contributed by atoms with E-state index in [9.17, 15) is 9.18 Å². The Labute approximate surface area is 113 Å². The second-order valence-corrected chi connectivity index (χ2v) is 4.88. The van der Waals surface area contributed by atoms with Crippen LogP contribution in [-0.4, -0.2) is 18.4 Å². The molecule has 1 aromatic rings. The minimum absolute atomic E-state index is 0.286. The molecule has 18 heavy (non-hydrogen) atoms. The van der Waals surface area contributed by atoms with Crippen LogP contribution in [-0.2, 0) is 4.79 Å². The largest absolute Gasteiger partial charge is 0.340 e. The standard InChI is InChI=1S/C12H13BrFN3O/c1-2-5-15-12-16-10(11(18)17-12)8-4-3-7(13)6-9(8)14/h3-4,6,10H,2,5H2,1H3,(H2,15,16,17,18). The van der Waals surface area contributed by atoms with Crippen molar-refractivity contribution < 1.29 is 9.18 Å². The Morgan fingerprint density at radius 2 is 2.28 bits per heavy atom. The highest BCUT2D eigenvalue weighted by molar-refractivity contribution is 9.10. The van der Waals surface area contributed by atoms with Gasteiger partial charge in [0.25, 0.3) is 5.91 Å². The number of nitrogens with zero attached hydrogens (tertiary/aromatic N) is 1. The molecule has 0 saturated carbocycles. The first-order valence-corrected chi connectivity index (χ1v) is 6.48. The average Bonchev–Trinajstić information content (AvgIpc) is 2.68. The van der Waals surface area contributed by atoms with Crippen molar-refractivity contribution in [3.8, 4) is 0 Å². The summed E-state index contributed by atoms with van der Waals surface area (Å²) >= 11 is 3.18. The van der Waals surface area contributed by atoms with Gasteiger partial charge in [-0.05, 0) is 18.6 Å². The van der Waals surface area contributed by atoms with Gasteiger partial charge >= 0.3 is 0 Å². The van der Waals surface area contributed by atoms with Gasteiger partial charge in [0.1, 0.15) is 11.9 Å². The maximum Gasteiger partial charge on any atom is 0.254 e. The third-order valence-electron chi connectivity index (χ3n) is 2.55. The summed E-state index contributed by atoms with van der Waals surface area (Å²) in [5, 5.41) is 5.49. The second kappa shape index (κ2) is 5.48. The van der Waals surface area contributed by atoms with Gasteiger partial charge < -0.3 is 5.32 Å². The predicted molar refractivity (Wildman–Crippen MR) is 70.7 cm³/mol. The molecule has 1 fully saturated rings. The molecule has 1 aliphatic rings. The summed E-state index contributed by atoms with van der Waals surface area (Å²) in [4.78, 5) is 15.9. The fourth-order valence-corrected chi connectivity index (χ4v) is 2.02. The Hall–Kier alpha value is -1.43. The fourth-order valence-electron chi connectivity index (χ4n) is 1.69. The van der Waals surface area contributed by atoms with Gasteiger partial charge in [-0.1, -0.05) is 28.9 Å². The van der Waals surface area contributed by atoms with E-state index in [0.717, 1.165) is 6.42 Å². The zero-order valence-electron chi connectivity index (χ0n) is 9.84. The number of hydrogen-bond donors (Lipinski definition) is 2. The molecule has 0 radical (unpaired) electrons. The van der Waals surface area contributed by atoms with E-state index in [2.05, 4.69) is 31.6 Å². The van der Waals surface area contributed by atoms with Crippen LogP contribution in [0, 0.1) is 5.82 Å². The number of benzene rings is 1. The summed E-state index contributed by atoms with van der Waals surface area (Å²) in [6.45, 7) is 2.62. The first kappa shape index (κ1) is 13.0. The van der Waals surface area contributed by atoms with Crippen molar-refractivity contribution in [2.24, 2.45) is 4.99 Å². The van der Waals surface area contributed by atoms with Gasteiger partial charge in [0, 0.05) is 16.6 Å². The minimum atomic E-state index is -0.714. The number of carbonyl (C=O) groups excluding carboxylic acids is 1. The van der Waals surface area contributed by atoms with Crippen LogP contribution >= 0.6 is 15.9 Å². The smallest absolute Gasteiger partial charge is 0.254 e. The number of carbonyl (C=O) groups is 1. The lowest BCUT2D eigenvalue weighted by atomic mass is 10.1. The molecule has 4 nitrogen and oxygen atoms in total. The maximum absolute atomic E-state index is 13.8. The van der Waals surface area contributed by atoms with Crippen LogP contribution in [0.1, 0.15) is 24.9 Å². The van der Waals surface area contributed by atoms with Crippen molar-refractivity contribution in [2.75, 3.05) is 6.54 Å². The van der Waals surface area contributed by atoms with Crippen LogP contribution in [0.2, 0.25) is 0 Å². The summed E-state index contributed by atoms with van der Waals surface area (Å²) in [6, 6.07) is 3.91. The predicted octanol–water partition coefficient (Wildman–Crippen LogP) is 2.11. The van der Waals surface area contributed by atoms with E-state index in [1.54, 1.807) is 12.1 Å². The fraction of sp³-hybridized carbons (Fsp3) is 0.333. The molecule has 96 valence electrons. The molecule has 1 aliphatic heterocycles. The van der Waals surface area contributed by atoms with Crippen LogP contribution in [0.15, 0.2) is 27.7 Å². The Kier molecular flexibility index (Phi) is 3.96. The lowest BCUT2D eigenvalue weighted by molar-refractivity contribution is -0.120. The Bertz CT molecular complexity index is 504. The summed E-state index contributed by atoms with van der Waals surface area (Å²) in [6.07, 6.45) is 0.887. The van der Waals surface area contributed by atoms with Gasteiger partial charge in [0.2, 0.25) is 0 Å². The van der Waals surface area contributed by atoms with Crippen LogP contribution in [0.3, 0.4) is 0 Å². The molecular formula is C12H13BrFN3O. The molecule has 6 heteroatoms. The van der Waals surface area contributed by atoms with Gasteiger partial charge in [-0.3, -0.25) is 15.1 Å². The van der Waals surface area contributed by atoms with E-state index in [1.807, 2.05) is 6.92 Å². The van der Waals surface area contributed by atoms with Gasteiger partial charge in [-0.2, -0.15) is 0 Å². The zero-order valence-corrected chi connectivity index (χ0v) is 11.4. The quantitative estimate of drug-likeness (QED) is 0.898. The van der Waals surface area contributed by atoms with E-state index < -0.39 is 11.9 Å². The highest BCUT2D eigenvalue weighted by Crippen LogP contribution is 2.23. The van der Waals surface area contributed by atoms with E-state index in [1.165, 1.54) is 6.07 Å². The maximum atomic E-state index is 13.8. The van der Waals surface area contributed by atoms with E-state index >= 15 is 0 Å². The van der Waals surface area contributed by atoms with Crippen LogP contribution in [0.5, 0.6) is 0 Å². The van der Waals surface area contributed by atoms with Crippen molar-refractivity contribution in [3.05, 3.63) is 34.1 Å². The van der Waals surface area contributed by atoms with Crippen molar-refractivity contribution in [2.45, 2.75) is 19.4 Å². The Morgan fingerprint density at radius 3 is 2.94 bits per heavy atom.